The molecule has 0 amide bonds. The lowest BCUT2D eigenvalue weighted by atomic mass is 10.2. The van der Waals surface area contributed by atoms with E-state index in [0.717, 1.165) is 32.1 Å². The van der Waals surface area contributed by atoms with E-state index in [1.165, 1.54) is 0 Å². The Bertz CT molecular complexity index is 121. The highest BCUT2D eigenvalue weighted by Crippen LogP contribution is 2.01. The molecule has 0 aromatic heterocycles. The Hall–Kier alpha value is -0.530. The van der Waals surface area contributed by atoms with Crippen LogP contribution in [0.2, 0.25) is 0 Å². The molecule has 0 aromatic rings. The van der Waals surface area contributed by atoms with E-state index in [9.17, 15) is 4.79 Å². The molecule has 0 rings (SSSR count). The molecule has 0 atom stereocenters. The fourth-order valence-corrected chi connectivity index (χ4v) is 1.02. The minimum atomic E-state index is -0.0791. The minimum absolute atomic E-state index is 0.0791. The van der Waals surface area contributed by atoms with Crippen molar-refractivity contribution in [3.05, 3.63) is 6.92 Å². The van der Waals surface area contributed by atoms with Gasteiger partial charge < -0.3 is 4.74 Å². The molecule has 0 N–H and O–H groups in total. The molecule has 0 aliphatic rings. The number of hydrogen-bond donors (Lipinski definition) is 0. The molecule has 0 saturated heterocycles. The summed E-state index contributed by atoms with van der Waals surface area (Å²) in [6.07, 6.45) is 6.21. The van der Waals surface area contributed by atoms with Gasteiger partial charge in [0.2, 0.25) is 0 Å². The summed E-state index contributed by atoms with van der Waals surface area (Å²) >= 11 is 0. The molecule has 0 aromatic carbocycles. The zero-order valence-corrected chi connectivity index (χ0v) is 8.55. The summed E-state index contributed by atoms with van der Waals surface area (Å²) < 4.78 is 5.01. The number of carbonyl (C=O) groups is 1. The highest BCUT2D eigenvalue weighted by molar-refractivity contribution is 5.69. The Morgan fingerprint density at radius 1 is 1.23 bits per heavy atom. The number of ether oxygens (including phenoxy) is 1. The Balaban J connectivity index is 3.11. The number of carbonyl (C=O) groups excluding carboxylic acids is 1. The van der Waals surface area contributed by atoms with Crippen molar-refractivity contribution < 1.29 is 9.53 Å². The van der Waals surface area contributed by atoms with Crippen molar-refractivity contribution in [1.82, 2.24) is 0 Å². The average Bonchev–Trinajstić information content (AvgIpc) is 2.13. The quantitative estimate of drug-likeness (QED) is 0.428. The normalized spacial score (nSPS) is 10.0. The number of hydrogen-bond acceptors (Lipinski definition) is 2. The summed E-state index contributed by atoms with van der Waals surface area (Å²) in [5, 5.41) is 0. The standard InChI is InChI=1S/C11H20O2/c1-3-5-7-9-11(12)13-10-8-6-4-2/h1H,3-10H2,2H3. The van der Waals surface area contributed by atoms with E-state index in [1.54, 1.807) is 0 Å². The first-order chi connectivity index (χ1) is 6.31. The summed E-state index contributed by atoms with van der Waals surface area (Å²) in [6.45, 7) is 8.01. The van der Waals surface area contributed by atoms with Crippen LogP contribution in [0.15, 0.2) is 0 Å². The predicted molar refractivity (Wildman–Crippen MR) is 53.3 cm³/mol. The molecular formula is C11H20O2. The van der Waals surface area contributed by atoms with Crippen molar-refractivity contribution in [1.29, 1.82) is 0 Å². The second-order valence-corrected chi connectivity index (χ2v) is 3.17. The van der Waals surface area contributed by atoms with Crippen molar-refractivity contribution in [3.63, 3.8) is 0 Å². The highest BCUT2D eigenvalue weighted by atomic mass is 16.5. The van der Waals surface area contributed by atoms with Gasteiger partial charge in [-0.3, -0.25) is 4.79 Å². The first kappa shape index (κ1) is 12.5. The molecule has 13 heavy (non-hydrogen) atoms. The first-order valence-corrected chi connectivity index (χ1v) is 5.17. The summed E-state index contributed by atoms with van der Waals surface area (Å²) in [5.41, 5.74) is 0. The lowest BCUT2D eigenvalue weighted by Gasteiger charge is -2.03. The molecule has 0 bridgehead atoms. The third-order valence-electron chi connectivity index (χ3n) is 1.85. The lowest BCUT2D eigenvalue weighted by Crippen LogP contribution is -2.05. The molecule has 0 saturated carbocycles. The number of esters is 1. The topological polar surface area (TPSA) is 26.3 Å². The maximum atomic E-state index is 11.0. The van der Waals surface area contributed by atoms with E-state index in [-0.39, 0.29) is 5.97 Å². The third kappa shape index (κ3) is 9.38. The van der Waals surface area contributed by atoms with Gasteiger partial charge >= 0.3 is 5.97 Å². The molecule has 0 spiro atoms. The minimum Gasteiger partial charge on any atom is -0.466 e. The van der Waals surface area contributed by atoms with Gasteiger partial charge in [-0.1, -0.05) is 26.2 Å². The van der Waals surface area contributed by atoms with Crippen molar-refractivity contribution in [2.45, 2.75) is 51.9 Å². The van der Waals surface area contributed by atoms with Crippen LogP contribution < -0.4 is 0 Å². The average molecular weight is 184 g/mol. The Morgan fingerprint density at radius 3 is 2.62 bits per heavy atom. The van der Waals surface area contributed by atoms with Crippen LogP contribution in [0.5, 0.6) is 0 Å². The predicted octanol–water partition coefficient (Wildman–Crippen LogP) is 2.99. The SMILES string of the molecule is [CH]CCCCC(=O)OCCCCC. The van der Waals surface area contributed by atoms with Gasteiger partial charge in [0.25, 0.3) is 0 Å². The second kappa shape index (κ2) is 9.56. The van der Waals surface area contributed by atoms with Gasteiger partial charge in [0.05, 0.1) is 6.61 Å². The Labute approximate surface area is 81.7 Å². The molecule has 0 heterocycles. The molecule has 0 aliphatic carbocycles. The Morgan fingerprint density at radius 2 is 2.00 bits per heavy atom. The molecule has 2 nitrogen and oxygen atoms in total. The van der Waals surface area contributed by atoms with Crippen molar-refractivity contribution in [3.8, 4) is 0 Å². The second-order valence-electron chi connectivity index (χ2n) is 3.17. The van der Waals surface area contributed by atoms with E-state index in [2.05, 4.69) is 6.92 Å². The van der Waals surface area contributed by atoms with Crippen molar-refractivity contribution in [2.24, 2.45) is 0 Å². The molecule has 2 heteroatoms. The summed E-state index contributed by atoms with van der Waals surface area (Å²) in [7, 11) is 0. The van der Waals surface area contributed by atoms with E-state index in [4.69, 9.17) is 11.7 Å². The van der Waals surface area contributed by atoms with Crippen LogP contribution in [-0.4, -0.2) is 12.6 Å². The van der Waals surface area contributed by atoms with Gasteiger partial charge in [0.15, 0.2) is 0 Å². The smallest absolute Gasteiger partial charge is 0.305 e. The largest absolute Gasteiger partial charge is 0.466 e. The molecular weight excluding hydrogens is 164 g/mol. The number of rotatable bonds is 8. The summed E-state index contributed by atoms with van der Waals surface area (Å²) in [6, 6.07) is 0. The molecule has 0 aliphatic heterocycles. The zero-order valence-electron chi connectivity index (χ0n) is 8.55. The van der Waals surface area contributed by atoms with E-state index >= 15 is 0 Å². The monoisotopic (exact) mass is 184 g/mol. The van der Waals surface area contributed by atoms with Crippen LogP contribution in [0.4, 0.5) is 0 Å². The summed E-state index contributed by atoms with van der Waals surface area (Å²) in [4.78, 5) is 11.0. The van der Waals surface area contributed by atoms with E-state index in [0.29, 0.717) is 19.4 Å². The van der Waals surface area contributed by atoms with E-state index < -0.39 is 0 Å². The fraction of sp³-hybridized carbons (Fsp3) is 0.818. The summed E-state index contributed by atoms with van der Waals surface area (Å²) in [5.74, 6) is -0.0791. The molecule has 0 fully saturated rings. The number of unbranched alkanes of at least 4 members (excludes halogenated alkanes) is 4. The fourth-order valence-electron chi connectivity index (χ4n) is 1.02. The van der Waals surface area contributed by atoms with Crippen LogP contribution in [-0.2, 0) is 9.53 Å². The van der Waals surface area contributed by atoms with Crippen molar-refractivity contribution in [2.75, 3.05) is 6.61 Å². The molecule has 0 unspecified atom stereocenters. The van der Waals surface area contributed by atoms with Gasteiger partial charge in [-0.25, -0.2) is 0 Å². The lowest BCUT2D eigenvalue weighted by molar-refractivity contribution is -0.143. The van der Waals surface area contributed by atoms with Gasteiger partial charge in [0.1, 0.15) is 0 Å². The van der Waals surface area contributed by atoms with Crippen LogP contribution in [0.1, 0.15) is 51.9 Å². The van der Waals surface area contributed by atoms with Gasteiger partial charge in [-0.05, 0) is 26.2 Å². The van der Waals surface area contributed by atoms with Gasteiger partial charge in [-0.2, -0.15) is 0 Å². The van der Waals surface area contributed by atoms with Crippen LogP contribution in [0, 0.1) is 6.92 Å². The maximum absolute atomic E-state index is 11.0. The van der Waals surface area contributed by atoms with E-state index in [1.807, 2.05) is 0 Å². The Kier molecular flexibility index (Phi) is 9.17. The van der Waals surface area contributed by atoms with Gasteiger partial charge in [0, 0.05) is 6.42 Å². The first-order valence-electron chi connectivity index (χ1n) is 5.17. The zero-order chi connectivity index (χ0) is 9.94. The van der Waals surface area contributed by atoms with Crippen LogP contribution in [0.3, 0.4) is 0 Å². The van der Waals surface area contributed by atoms with Gasteiger partial charge in [-0.15, -0.1) is 0 Å². The highest BCUT2D eigenvalue weighted by Gasteiger charge is 2.00. The van der Waals surface area contributed by atoms with Crippen LogP contribution >= 0.6 is 0 Å². The third-order valence-corrected chi connectivity index (χ3v) is 1.85. The van der Waals surface area contributed by atoms with Crippen LogP contribution in [0.25, 0.3) is 0 Å². The van der Waals surface area contributed by atoms with Crippen molar-refractivity contribution >= 4 is 5.97 Å². The molecule has 76 valence electrons. The molecule has 2 radical (unpaired) electrons. The maximum Gasteiger partial charge on any atom is 0.305 e.